The van der Waals surface area contributed by atoms with Gasteiger partial charge in [0.05, 0.1) is 0 Å². The first-order chi connectivity index (χ1) is 5.96. The van der Waals surface area contributed by atoms with Crippen LogP contribution in [-0.4, -0.2) is 6.66 Å². The van der Waals surface area contributed by atoms with Crippen LogP contribution in [0.4, 0.5) is 0 Å². The van der Waals surface area contributed by atoms with Gasteiger partial charge in [-0.25, -0.2) is 0 Å². The fourth-order valence-corrected chi connectivity index (χ4v) is 3.41. The first-order valence-electron chi connectivity index (χ1n) is 4.43. The van der Waals surface area contributed by atoms with Crippen molar-refractivity contribution >= 4 is 29.8 Å². The van der Waals surface area contributed by atoms with E-state index >= 15 is 0 Å². The van der Waals surface area contributed by atoms with E-state index in [9.17, 15) is 0 Å². The second-order valence-corrected chi connectivity index (χ2v) is 6.02. The van der Waals surface area contributed by atoms with Gasteiger partial charge in [-0.15, -0.1) is 0 Å². The molecule has 0 saturated heterocycles. The fraction of sp³-hybridized carbons (Fsp3) is 0.455. The van der Waals surface area contributed by atoms with Gasteiger partial charge in [-0.1, -0.05) is 57.4 Å². The van der Waals surface area contributed by atoms with Crippen molar-refractivity contribution < 1.29 is 0 Å². The summed E-state index contributed by atoms with van der Waals surface area (Å²) in [6.45, 7) is 9.02. The Morgan fingerprint density at radius 1 is 1.23 bits per heavy atom. The lowest BCUT2D eigenvalue weighted by molar-refractivity contribution is 0.594. The molecule has 0 aromatic heterocycles. The van der Waals surface area contributed by atoms with Crippen molar-refractivity contribution in [2.75, 3.05) is 6.66 Å². The zero-order chi connectivity index (χ0) is 10.1. The van der Waals surface area contributed by atoms with Gasteiger partial charge < -0.3 is 0 Å². The zero-order valence-corrected chi connectivity index (χ0v) is 11.2. The molecule has 1 aromatic rings. The summed E-state index contributed by atoms with van der Waals surface area (Å²) in [6, 6.07) is 6.48. The van der Waals surface area contributed by atoms with Crippen molar-refractivity contribution in [1.29, 1.82) is 0 Å². The molecule has 0 nitrogen and oxygen atoms in total. The summed E-state index contributed by atoms with van der Waals surface area (Å²) >= 11 is 3.61. The average molecular weight is 259 g/mol. The minimum Gasteiger partial charge on any atom is -0.0920 e. The summed E-state index contributed by atoms with van der Waals surface area (Å²) < 4.78 is 1.25. The Morgan fingerprint density at radius 2 is 1.85 bits per heavy atom. The van der Waals surface area contributed by atoms with Gasteiger partial charge in [0.2, 0.25) is 0 Å². The molecule has 0 saturated carbocycles. The molecule has 0 spiro atoms. The average Bonchev–Trinajstić information content (AvgIpc) is 2.02. The molecule has 0 aliphatic heterocycles. The van der Waals surface area contributed by atoms with Crippen LogP contribution in [0.5, 0.6) is 0 Å². The van der Waals surface area contributed by atoms with E-state index in [4.69, 9.17) is 0 Å². The molecular formula is C11H16BrP. The summed E-state index contributed by atoms with van der Waals surface area (Å²) in [6.07, 6.45) is 0. The number of rotatable bonds is 1. The summed E-state index contributed by atoms with van der Waals surface area (Å²) in [5.41, 5.74) is 1.71. The smallest absolute Gasteiger partial charge is 0.0252 e. The lowest BCUT2D eigenvalue weighted by Crippen LogP contribution is -2.20. The summed E-state index contributed by atoms with van der Waals surface area (Å²) in [7, 11) is 0.854. The molecule has 1 atom stereocenters. The Labute approximate surface area is 91.0 Å². The highest BCUT2D eigenvalue weighted by atomic mass is 79.9. The molecule has 0 heterocycles. The van der Waals surface area contributed by atoms with E-state index in [0.717, 1.165) is 8.58 Å². The van der Waals surface area contributed by atoms with Crippen LogP contribution in [-0.2, 0) is 5.41 Å². The fourth-order valence-electron chi connectivity index (χ4n) is 1.40. The Bertz CT molecular complexity index is 299. The maximum atomic E-state index is 3.61. The van der Waals surface area contributed by atoms with Crippen LogP contribution in [0.3, 0.4) is 0 Å². The first kappa shape index (κ1) is 11.2. The molecule has 1 unspecified atom stereocenters. The van der Waals surface area contributed by atoms with Crippen molar-refractivity contribution in [3.63, 3.8) is 0 Å². The third-order valence-corrected chi connectivity index (χ3v) is 4.14. The topological polar surface area (TPSA) is 0 Å². The van der Waals surface area contributed by atoms with Gasteiger partial charge in [-0.05, 0) is 29.0 Å². The summed E-state index contributed by atoms with van der Waals surface area (Å²) in [5.74, 6) is 0. The van der Waals surface area contributed by atoms with E-state index in [1.165, 1.54) is 15.3 Å². The molecule has 2 heteroatoms. The minimum atomic E-state index is 0.252. The highest BCUT2D eigenvalue weighted by Gasteiger charge is 2.17. The maximum Gasteiger partial charge on any atom is 0.0252 e. The normalized spacial score (nSPS) is 12.7. The van der Waals surface area contributed by atoms with E-state index in [1.807, 2.05) is 0 Å². The van der Waals surface area contributed by atoms with Gasteiger partial charge in [0.1, 0.15) is 0 Å². The van der Waals surface area contributed by atoms with Gasteiger partial charge in [0.15, 0.2) is 0 Å². The molecule has 72 valence electrons. The summed E-state index contributed by atoms with van der Waals surface area (Å²) in [5, 5.41) is 1.47. The van der Waals surface area contributed by atoms with Crippen molar-refractivity contribution in [3.8, 4) is 0 Å². The zero-order valence-electron chi connectivity index (χ0n) is 8.61. The Morgan fingerprint density at radius 3 is 2.23 bits per heavy atom. The van der Waals surface area contributed by atoms with Crippen molar-refractivity contribution in [3.05, 3.63) is 28.2 Å². The predicted octanol–water partition coefficient (Wildman–Crippen LogP) is 3.68. The van der Waals surface area contributed by atoms with Gasteiger partial charge in [-0.3, -0.25) is 0 Å². The first-order valence-corrected chi connectivity index (χ1v) is 6.73. The van der Waals surface area contributed by atoms with Crippen LogP contribution in [0.2, 0.25) is 0 Å². The van der Waals surface area contributed by atoms with E-state index in [0.29, 0.717) is 0 Å². The van der Waals surface area contributed by atoms with Crippen LogP contribution >= 0.6 is 24.5 Å². The third kappa shape index (κ3) is 2.54. The molecule has 0 aliphatic carbocycles. The second kappa shape index (κ2) is 4.11. The standard InChI is InChI=1S/C11H16BrP/c1-11(2,3)8-6-5-7-9(12)10(8)13-4/h5-7,13H,1-4H3. The van der Waals surface area contributed by atoms with Crippen molar-refractivity contribution in [2.45, 2.75) is 26.2 Å². The van der Waals surface area contributed by atoms with Gasteiger partial charge in [0, 0.05) is 4.47 Å². The third-order valence-electron chi connectivity index (χ3n) is 2.07. The molecular weight excluding hydrogens is 243 g/mol. The lowest BCUT2D eigenvalue weighted by atomic mass is 9.87. The SMILES string of the molecule is CPc1c(Br)cccc1C(C)(C)C. The highest BCUT2D eigenvalue weighted by Crippen LogP contribution is 2.27. The molecule has 1 rings (SSSR count). The van der Waals surface area contributed by atoms with Crippen LogP contribution in [0.25, 0.3) is 0 Å². The maximum absolute atomic E-state index is 3.61. The van der Waals surface area contributed by atoms with E-state index in [1.54, 1.807) is 0 Å². The Balaban J connectivity index is 3.29. The number of benzene rings is 1. The highest BCUT2D eigenvalue weighted by molar-refractivity contribution is 9.10. The van der Waals surface area contributed by atoms with Crippen LogP contribution < -0.4 is 5.30 Å². The minimum absolute atomic E-state index is 0.252. The summed E-state index contributed by atoms with van der Waals surface area (Å²) in [4.78, 5) is 0. The Hall–Kier alpha value is 0.130. The van der Waals surface area contributed by atoms with E-state index in [2.05, 4.69) is 61.6 Å². The molecule has 0 amide bonds. The Kier molecular flexibility index (Phi) is 3.54. The van der Waals surface area contributed by atoms with E-state index < -0.39 is 0 Å². The lowest BCUT2D eigenvalue weighted by Gasteiger charge is -2.23. The van der Waals surface area contributed by atoms with Crippen molar-refractivity contribution in [2.24, 2.45) is 0 Å². The molecule has 0 N–H and O–H groups in total. The van der Waals surface area contributed by atoms with Crippen LogP contribution in [0, 0.1) is 0 Å². The van der Waals surface area contributed by atoms with Crippen LogP contribution in [0.15, 0.2) is 22.7 Å². The predicted molar refractivity (Wildman–Crippen MR) is 66.7 cm³/mol. The number of halogens is 1. The molecule has 0 fully saturated rings. The molecule has 0 radical (unpaired) electrons. The van der Waals surface area contributed by atoms with E-state index in [-0.39, 0.29) is 5.41 Å². The number of hydrogen-bond acceptors (Lipinski definition) is 0. The molecule has 0 aliphatic rings. The second-order valence-electron chi connectivity index (χ2n) is 4.16. The van der Waals surface area contributed by atoms with Gasteiger partial charge >= 0.3 is 0 Å². The van der Waals surface area contributed by atoms with Crippen molar-refractivity contribution in [1.82, 2.24) is 0 Å². The molecule has 0 bridgehead atoms. The van der Waals surface area contributed by atoms with Crippen LogP contribution in [0.1, 0.15) is 26.3 Å². The van der Waals surface area contributed by atoms with Gasteiger partial charge in [0.25, 0.3) is 0 Å². The number of hydrogen-bond donors (Lipinski definition) is 0. The molecule has 13 heavy (non-hydrogen) atoms. The molecule has 1 aromatic carbocycles. The monoisotopic (exact) mass is 258 g/mol. The van der Waals surface area contributed by atoms with Gasteiger partial charge in [-0.2, -0.15) is 0 Å². The quantitative estimate of drug-likeness (QED) is 0.675. The largest absolute Gasteiger partial charge is 0.0920 e.